The van der Waals surface area contributed by atoms with Crippen LogP contribution < -0.4 is 10.5 Å². The van der Waals surface area contributed by atoms with E-state index in [2.05, 4.69) is 4.72 Å². The lowest BCUT2D eigenvalue weighted by Crippen LogP contribution is -2.53. The number of hydrogen-bond donors (Lipinski definition) is 2. The smallest absolute Gasteiger partial charge is 0.247 e. The largest absolute Gasteiger partial charge is 0.330 e. The Morgan fingerprint density at radius 1 is 1.39 bits per heavy atom. The zero-order valence-corrected chi connectivity index (χ0v) is 11.2. The Bertz CT molecular complexity index is 421. The molecular formula is C10H19N3O4S. The number of rotatable bonds is 6. The molecule has 1 atom stereocenters. The van der Waals surface area contributed by atoms with Crippen LogP contribution in [0.3, 0.4) is 0 Å². The van der Waals surface area contributed by atoms with E-state index in [9.17, 15) is 18.0 Å². The van der Waals surface area contributed by atoms with Gasteiger partial charge in [0.05, 0.1) is 5.75 Å². The van der Waals surface area contributed by atoms with Crippen molar-refractivity contribution in [2.75, 3.05) is 19.3 Å². The molecule has 1 aliphatic rings. The maximum Gasteiger partial charge on any atom is 0.247 e. The lowest BCUT2D eigenvalue weighted by molar-refractivity contribution is -0.147. The second-order valence-corrected chi connectivity index (χ2v) is 6.19. The van der Waals surface area contributed by atoms with Crippen molar-refractivity contribution in [3.05, 3.63) is 0 Å². The minimum absolute atomic E-state index is 0.0500. The molecule has 0 bridgehead atoms. The summed E-state index contributed by atoms with van der Waals surface area (Å²) in [5, 5.41) is 0. The molecule has 104 valence electrons. The van der Waals surface area contributed by atoms with Gasteiger partial charge in [-0.25, -0.2) is 13.1 Å². The quantitative estimate of drug-likeness (QED) is 0.468. The molecular weight excluding hydrogens is 258 g/mol. The standard InChI is InChI=1S/C10H19N3O4S/c1-13-9(14)5-4-8(10(13)15)12-18(16,17)7-3-2-6-11/h8,12H,2-7,11H2,1H3. The van der Waals surface area contributed by atoms with Gasteiger partial charge in [0.25, 0.3) is 0 Å². The van der Waals surface area contributed by atoms with Crippen LogP contribution in [-0.2, 0) is 19.6 Å². The van der Waals surface area contributed by atoms with E-state index in [1.54, 1.807) is 0 Å². The first kappa shape index (κ1) is 15.1. The summed E-state index contributed by atoms with van der Waals surface area (Å²) in [7, 11) is -2.13. The summed E-state index contributed by atoms with van der Waals surface area (Å²) in [5.41, 5.74) is 5.28. The van der Waals surface area contributed by atoms with Crippen LogP contribution in [0.15, 0.2) is 0 Å². The molecule has 1 saturated heterocycles. The number of piperidine rings is 1. The molecule has 0 aromatic heterocycles. The molecule has 0 aliphatic carbocycles. The Morgan fingerprint density at radius 3 is 2.67 bits per heavy atom. The van der Waals surface area contributed by atoms with E-state index >= 15 is 0 Å². The fourth-order valence-corrected chi connectivity index (χ4v) is 3.09. The van der Waals surface area contributed by atoms with Gasteiger partial charge in [0, 0.05) is 13.5 Å². The second kappa shape index (κ2) is 6.26. The van der Waals surface area contributed by atoms with Crippen molar-refractivity contribution < 1.29 is 18.0 Å². The number of imide groups is 1. The van der Waals surface area contributed by atoms with Gasteiger partial charge >= 0.3 is 0 Å². The predicted molar refractivity (Wildman–Crippen MR) is 66.0 cm³/mol. The maximum absolute atomic E-state index is 11.7. The van der Waals surface area contributed by atoms with E-state index in [1.807, 2.05) is 0 Å². The van der Waals surface area contributed by atoms with E-state index in [0.717, 1.165) is 4.90 Å². The van der Waals surface area contributed by atoms with Gasteiger partial charge in [0.15, 0.2) is 0 Å². The molecule has 0 saturated carbocycles. The van der Waals surface area contributed by atoms with Crippen molar-refractivity contribution in [2.24, 2.45) is 5.73 Å². The molecule has 0 aromatic carbocycles. The van der Waals surface area contributed by atoms with Crippen molar-refractivity contribution >= 4 is 21.8 Å². The highest BCUT2D eigenvalue weighted by Crippen LogP contribution is 2.12. The van der Waals surface area contributed by atoms with Crippen LogP contribution in [0, 0.1) is 0 Å². The molecule has 18 heavy (non-hydrogen) atoms. The van der Waals surface area contributed by atoms with E-state index in [4.69, 9.17) is 5.73 Å². The minimum atomic E-state index is -3.49. The number of likely N-dealkylation sites (N-methyl/N-ethyl adjacent to an activating group) is 1. The molecule has 1 unspecified atom stereocenters. The molecule has 0 aromatic rings. The van der Waals surface area contributed by atoms with E-state index < -0.39 is 22.0 Å². The van der Waals surface area contributed by atoms with Crippen LogP contribution in [0.1, 0.15) is 25.7 Å². The topological polar surface area (TPSA) is 110 Å². The molecule has 2 amide bonds. The number of carbonyl (C=O) groups excluding carboxylic acids is 2. The summed E-state index contributed by atoms with van der Waals surface area (Å²) < 4.78 is 25.7. The van der Waals surface area contributed by atoms with E-state index in [0.29, 0.717) is 19.4 Å². The number of unbranched alkanes of at least 4 members (excludes halogenated alkanes) is 1. The highest BCUT2D eigenvalue weighted by atomic mass is 32.2. The Morgan fingerprint density at radius 2 is 2.06 bits per heavy atom. The molecule has 7 nitrogen and oxygen atoms in total. The maximum atomic E-state index is 11.7. The number of nitrogens with zero attached hydrogens (tertiary/aromatic N) is 1. The third kappa shape index (κ3) is 4.04. The highest BCUT2D eigenvalue weighted by Gasteiger charge is 2.33. The Kier molecular flexibility index (Phi) is 5.24. The van der Waals surface area contributed by atoms with Gasteiger partial charge in [0.1, 0.15) is 6.04 Å². The Balaban J connectivity index is 2.56. The molecule has 8 heteroatoms. The molecule has 1 heterocycles. The third-order valence-electron chi connectivity index (χ3n) is 2.84. The molecule has 1 aliphatic heterocycles. The first-order valence-electron chi connectivity index (χ1n) is 5.88. The van der Waals surface area contributed by atoms with Gasteiger partial charge in [0.2, 0.25) is 21.8 Å². The average Bonchev–Trinajstić information content (AvgIpc) is 2.30. The summed E-state index contributed by atoms with van der Waals surface area (Å²) in [6.07, 6.45) is 1.48. The Labute approximate surface area is 107 Å². The van der Waals surface area contributed by atoms with Crippen molar-refractivity contribution in [1.29, 1.82) is 0 Å². The third-order valence-corrected chi connectivity index (χ3v) is 4.31. The lowest BCUT2D eigenvalue weighted by Gasteiger charge is -2.27. The molecule has 1 rings (SSSR count). The summed E-state index contributed by atoms with van der Waals surface area (Å²) in [6.45, 7) is 0.440. The number of amides is 2. The van der Waals surface area contributed by atoms with Gasteiger partial charge in [-0.3, -0.25) is 14.5 Å². The summed E-state index contributed by atoms with van der Waals surface area (Å²) in [6, 6.07) is -0.824. The fourth-order valence-electron chi connectivity index (χ4n) is 1.74. The van der Waals surface area contributed by atoms with Crippen LogP contribution in [-0.4, -0.2) is 50.5 Å². The van der Waals surface area contributed by atoms with Crippen molar-refractivity contribution in [2.45, 2.75) is 31.7 Å². The summed E-state index contributed by atoms with van der Waals surface area (Å²) in [5.74, 6) is -0.821. The number of likely N-dealkylation sites (tertiary alicyclic amines) is 1. The Hall–Kier alpha value is -0.990. The van der Waals surface area contributed by atoms with E-state index in [1.165, 1.54) is 7.05 Å². The lowest BCUT2D eigenvalue weighted by atomic mass is 10.1. The number of carbonyl (C=O) groups is 2. The SMILES string of the molecule is CN1C(=O)CCC(NS(=O)(=O)CCCCN)C1=O. The fraction of sp³-hybridized carbons (Fsp3) is 0.800. The zero-order valence-electron chi connectivity index (χ0n) is 10.4. The predicted octanol–water partition coefficient (Wildman–Crippen LogP) is -1.21. The van der Waals surface area contributed by atoms with Crippen LogP contribution in [0.5, 0.6) is 0 Å². The zero-order chi connectivity index (χ0) is 13.8. The minimum Gasteiger partial charge on any atom is -0.330 e. The second-order valence-electron chi connectivity index (χ2n) is 4.31. The van der Waals surface area contributed by atoms with E-state index in [-0.39, 0.29) is 24.5 Å². The van der Waals surface area contributed by atoms with Crippen LogP contribution in [0.4, 0.5) is 0 Å². The average molecular weight is 277 g/mol. The number of nitrogens with one attached hydrogen (secondary N) is 1. The first-order chi connectivity index (χ1) is 8.37. The van der Waals surface area contributed by atoms with Crippen LogP contribution in [0.25, 0.3) is 0 Å². The van der Waals surface area contributed by atoms with Crippen LogP contribution in [0.2, 0.25) is 0 Å². The highest BCUT2D eigenvalue weighted by molar-refractivity contribution is 7.89. The molecule has 0 radical (unpaired) electrons. The molecule has 3 N–H and O–H groups in total. The van der Waals surface area contributed by atoms with Gasteiger partial charge in [-0.05, 0) is 25.8 Å². The van der Waals surface area contributed by atoms with Crippen molar-refractivity contribution in [1.82, 2.24) is 9.62 Å². The van der Waals surface area contributed by atoms with Crippen molar-refractivity contribution in [3.8, 4) is 0 Å². The van der Waals surface area contributed by atoms with Gasteiger partial charge in [-0.15, -0.1) is 0 Å². The molecule has 0 spiro atoms. The monoisotopic (exact) mass is 277 g/mol. The molecule has 1 fully saturated rings. The van der Waals surface area contributed by atoms with Gasteiger partial charge < -0.3 is 5.73 Å². The van der Waals surface area contributed by atoms with Gasteiger partial charge in [-0.2, -0.15) is 0 Å². The number of sulfonamides is 1. The van der Waals surface area contributed by atoms with Crippen molar-refractivity contribution in [3.63, 3.8) is 0 Å². The normalized spacial score (nSPS) is 21.4. The first-order valence-corrected chi connectivity index (χ1v) is 7.53. The number of nitrogens with two attached hydrogens (primary N) is 1. The van der Waals surface area contributed by atoms with Gasteiger partial charge in [-0.1, -0.05) is 0 Å². The number of hydrogen-bond acceptors (Lipinski definition) is 5. The summed E-state index contributed by atoms with van der Waals surface area (Å²) >= 11 is 0. The van der Waals surface area contributed by atoms with Crippen LogP contribution >= 0.6 is 0 Å². The summed E-state index contributed by atoms with van der Waals surface area (Å²) in [4.78, 5) is 23.9.